The van der Waals surface area contributed by atoms with Crippen molar-refractivity contribution in [3.05, 3.63) is 0 Å². The van der Waals surface area contributed by atoms with Gasteiger partial charge in [-0.05, 0) is 23.7 Å². The van der Waals surface area contributed by atoms with Gasteiger partial charge in [0.05, 0.1) is 6.61 Å². The smallest absolute Gasteiger partial charge is 0.306 e. The van der Waals surface area contributed by atoms with E-state index in [1.165, 1.54) is 0 Å². The number of halogens is 1. The average Bonchev–Trinajstić information content (AvgIpc) is 1.87. The van der Waals surface area contributed by atoms with Crippen LogP contribution in [-0.2, 0) is 9.53 Å². The highest BCUT2D eigenvalue weighted by molar-refractivity contribution is 14.1. The van der Waals surface area contributed by atoms with E-state index in [-0.39, 0.29) is 5.97 Å². The topological polar surface area (TPSA) is 26.3 Å². The minimum absolute atomic E-state index is 0.0650. The van der Waals surface area contributed by atoms with E-state index in [1.54, 1.807) is 0 Å². The van der Waals surface area contributed by atoms with Crippen LogP contribution < -0.4 is 0 Å². The van der Waals surface area contributed by atoms with E-state index in [0.29, 0.717) is 18.9 Å². The standard InChI is InChI=1S/C8H15IO2/c1-3-11-8(10)6-7(2)4-5-9/h7H,3-6H2,1-2H3/t7-/m1/s1. The Morgan fingerprint density at radius 2 is 2.27 bits per heavy atom. The molecule has 0 rings (SSSR count). The second-order valence-corrected chi connectivity index (χ2v) is 3.67. The molecule has 0 N–H and O–H groups in total. The number of ether oxygens (including phenoxy) is 1. The highest BCUT2D eigenvalue weighted by Crippen LogP contribution is 2.09. The maximum atomic E-state index is 10.9. The molecule has 0 aromatic rings. The molecule has 0 aromatic heterocycles. The molecular weight excluding hydrogens is 255 g/mol. The summed E-state index contributed by atoms with van der Waals surface area (Å²) in [5.74, 6) is 0.399. The van der Waals surface area contributed by atoms with Crippen molar-refractivity contribution in [3.8, 4) is 0 Å². The van der Waals surface area contributed by atoms with Gasteiger partial charge in [0.25, 0.3) is 0 Å². The SMILES string of the molecule is CCOC(=O)C[C@H](C)CCI. The summed E-state index contributed by atoms with van der Waals surface area (Å²) in [5.41, 5.74) is 0. The van der Waals surface area contributed by atoms with Crippen molar-refractivity contribution >= 4 is 28.6 Å². The van der Waals surface area contributed by atoms with Crippen molar-refractivity contribution in [2.24, 2.45) is 5.92 Å². The molecule has 0 unspecified atom stereocenters. The molecule has 0 aliphatic carbocycles. The van der Waals surface area contributed by atoms with Crippen LogP contribution in [0.1, 0.15) is 26.7 Å². The number of carbonyl (C=O) groups is 1. The van der Waals surface area contributed by atoms with E-state index >= 15 is 0 Å². The number of rotatable bonds is 5. The highest BCUT2D eigenvalue weighted by atomic mass is 127. The van der Waals surface area contributed by atoms with E-state index in [2.05, 4.69) is 29.5 Å². The van der Waals surface area contributed by atoms with Crippen LogP contribution in [-0.4, -0.2) is 17.0 Å². The van der Waals surface area contributed by atoms with E-state index in [0.717, 1.165) is 10.8 Å². The Balaban J connectivity index is 3.40. The minimum atomic E-state index is -0.0650. The molecule has 11 heavy (non-hydrogen) atoms. The third kappa shape index (κ3) is 6.59. The Kier molecular flexibility index (Phi) is 7.01. The first-order valence-electron chi connectivity index (χ1n) is 3.92. The van der Waals surface area contributed by atoms with Crippen LogP contribution in [0.4, 0.5) is 0 Å². The molecule has 66 valence electrons. The Morgan fingerprint density at radius 3 is 2.73 bits per heavy atom. The summed E-state index contributed by atoms with van der Waals surface area (Å²) in [6, 6.07) is 0. The fourth-order valence-corrected chi connectivity index (χ4v) is 1.86. The van der Waals surface area contributed by atoms with E-state index < -0.39 is 0 Å². The zero-order valence-corrected chi connectivity index (χ0v) is 9.26. The molecule has 0 spiro atoms. The lowest BCUT2D eigenvalue weighted by Gasteiger charge is -2.07. The van der Waals surface area contributed by atoms with Crippen molar-refractivity contribution in [3.63, 3.8) is 0 Å². The van der Waals surface area contributed by atoms with Crippen LogP contribution in [0.3, 0.4) is 0 Å². The summed E-state index contributed by atoms with van der Waals surface area (Å²) in [5, 5.41) is 0. The number of alkyl halides is 1. The van der Waals surface area contributed by atoms with E-state index in [1.807, 2.05) is 6.92 Å². The number of hydrogen-bond donors (Lipinski definition) is 0. The van der Waals surface area contributed by atoms with Gasteiger partial charge < -0.3 is 4.74 Å². The summed E-state index contributed by atoms with van der Waals surface area (Å²) in [4.78, 5) is 10.9. The first-order chi connectivity index (χ1) is 5.20. The summed E-state index contributed by atoms with van der Waals surface area (Å²) in [7, 11) is 0. The molecule has 1 atom stereocenters. The summed E-state index contributed by atoms with van der Waals surface area (Å²) < 4.78 is 5.93. The maximum absolute atomic E-state index is 10.9. The monoisotopic (exact) mass is 270 g/mol. The van der Waals surface area contributed by atoms with Crippen LogP contribution in [0.5, 0.6) is 0 Å². The van der Waals surface area contributed by atoms with E-state index in [4.69, 9.17) is 4.74 Å². The lowest BCUT2D eigenvalue weighted by Crippen LogP contribution is -2.09. The molecule has 2 nitrogen and oxygen atoms in total. The van der Waals surface area contributed by atoms with Gasteiger partial charge in [0.2, 0.25) is 0 Å². The predicted molar refractivity (Wildman–Crippen MR) is 53.9 cm³/mol. The van der Waals surface area contributed by atoms with Gasteiger partial charge in [0.1, 0.15) is 0 Å². The first-order valence-corrected chi connectivity index (χ1v) is 5.44. The number of hydrogen-bond acceptors (Lipinski definition) is 2. The van der Waals surface area contributed by atoms with Crippen molar-refractivity contribution in [2.75, 3.05) is 11.0 Å². The quantitative estimate of drug-likeness (QED) is 0.435. The van der Waals surface area contributed by atoms with Crippen LogP contribution in [0.2, 0.25) is 0 Å². The van der Waals surface area contributed by atoms with Crippen molar-refractivity contribution in [1.29, 1.82) is 0 Å². The summed E-state index contributed by atoms with van der Waals surface area (Å²) >= 11 is 2.32. The largest absolute Gasteiger partial charge is 0.466 e. The Morgan fingerprint density at radius 1 is 1.64 bits per heavy atom. The van der Waals surface area contributed by atoms with Crippen LogP contribution >= 0.6 is 22.6 Å². The van der Waals surface area contributed by atoms with E-state index in [9.17, 15) is 4.79 Å². The lowest BCUT2D eigenvalue weighted by atomic mass is 10.1. The molecule has 0 aliphatic rings. The number of carbonyl (C=O) groups excluding carboxylic acids is 1. The third-order valence-electron chi connectivity index (χ3n) is 1.42. The Bertz CT molecular complexity index is 115. The van der Waals surface area contributed by atoms with Gasteiger partial charge in [0, 0.05) is 6.42 Å². The molecule has 3 heteroatoms. The molecule has 0 aliphatic heterocycles. The van der Waals surface area contributed by atoms with Gasteiger partial charge in [-0.1, -0.05) is 29.5 Å². The molecule has 0 saturated heterocycles. The zero-order valence-electron chi connectivity index (χ0n) is 7.10. The fraction of sp³-hybridized carbons (Fsp3) is 0.875. The van der Waals surface area contributed by atoms with Crippen LogP contribution in [0, 0.1) is 5.92 Å². The molecule has 0 radical (unpaired) electrons. The average molecular weight is 270 g/mol. The Hall–Kier alpha value is 0.200. The predicted octanol–water partition coefficient (Wildman–Crippen LogP) is 2.40. The second-order valence-electron chi connectivity index (χ2n) is 2.59. The van der Waals surface area contributed by atoms with Crippen molar-refractivity contribution in [1.82, 2.24) is 0 Å². The molecule has 0 bridgehead atoms. The van der Waals surface area contributed by atoms with Crippen molar-refractivity contribution < 1.29 is 9.53 Å². The van der Waals surface area contributed by atoms with Gasteiger partial charge in [-0.25, -0.2) is 0 Å². The minimum Gasteiger partial charge on any atom is -0.466 e. The van der Waals surface area contributed by atoms with Gasteiger partial charge in [-0.3, -0.25) is 4.79 Å². The Labute approximate surface area is 81.8 Å². The van der Waals surface area contributed by atoms with Gasteiger partial charge in [0.15, 0.2) is 0 Å². The maximum Gasteiger partial charge on any atom is 0.306 e. The molecule has 0 aromatic carbocycles. The molecule has 0 heterocycles. The lowest BCUT2D eigenvalue weighted by molar-refractivity contribution is -0.144. The third-order valence-corrected chi connectivity index (χ3v) is 2.05. The van der Waals surface area contributed by atoms with Gasteiger partial charge in [-0.2, -0.15) is 0 Å². The normalized spacial score (nSPS) is 12.6. The van der Waals surface area contributed by atoms with Gasteiger partial charge >= 0.3 is 5.97 Å². The van der Waals surface area contributed by atoms with Gasteiger partial charge in [-0.15, -0.1) is 0 Å². The summed E-state index contributed by atoms with van der Waals surface area (Å²) in [6.45, 7) is 4.41. The first kappa shape index (κ1) is 11.2. The number of esters is 1. The molecule has 0 fully saturated rings. The fourth-order valence-electron chi connectivity index (χ4n) is 0.793. The zero-order chi connectivity index (χ0) is 8.69. The summed E-state index contributed by atoms with van der Waals surface area (Å²) in [6.07, 6.45) is 1.66. The molecule has 0 amide bonds. The van der Waals surface area contributed by atoms with Crippen molar-refractivity contribution in [2.45, 2.75) is 26.7 Å². The highest BCUT2D eigenvalue weighted by Gasteiger charge is 2.08. The molecule has 0 saturated carbocycles. The van der Waals surface area contributed by atoms with Crippen LogP contribution in [0.25, 0.3) is 0 Å². The molecular formula is C8H15IO2. The second kappa shape index (κ2) is 6.88. The van der Waals surface area contributed by atoms with Crippen LogP contribution in [0.15, 0.2) is 0 Å².